The van der Waals surface area contributed by atoms with Crippen LogP contribution in [0.15, 0.2) is 16.7 Å². The summed E-state index contributed by atoms with van der Waals surface area (Å²) in [5, 5.41) is 2.99. The van der Waals surface area contributed by atoms with Crippen LogP contribution in [0.2, 0.25) is 5.22 Å². The van der Waals surface area contributed by atoms with Crippen LogP contribution in [0.1, 0.15) is 10.4 Å². The highest BCUT2D eigenvalue weighted by Crippen LogP contribution is 2.15. The minimum atomic E-state index is -0.178. The minimum Gasteiger partial charge on any atom is -0.452 e. The molecule has 0 saturated carbocycles. The summed E-state index contributed by atoms with van der Waals surface area (Å²) in [6.45, 7) is 5.78. The molecule has 0 radical (unpaired) electrons. The van der Waals surface area contributed by atoms with E-state index >= 15 is 0 Å². The molecule has 1 N–H and O–H groups in total. The zero-order valence-electron chi connectivity index (χ0n) is 10.5. The lowest BCUT2D eigenvalue weighted by Gasteiger charge is -2.32. The number of amides is 1. The van der Waals surface area contributed by atoms with Crippen LogP contribution in [-0.2, 0) is 0 Å². The van der Waals surface area contributed by atoms with Gasteiger partial charge in [-0.05, 0) is 24.7 Å². The Morgan fingerprint density at radius 2 is 2.17 bits per heavy atom. The third kappa shape index (κ3) is 3.48. The first-order valence-corrected chi connectivity index (χ1v) is 6.46. The van der Waals surface area contributed by atoms with Gasteiger partial charge in [-0.2, -0.15) is 0 Å². The maximum atomic E-state index is 11.7. The van der Waals surface area contributed by atoms with Gasteiger partial charge in [-0.3, -0.25) is 9.69 Å². The minimum absolute atomic E-state index is 0.145. The van der Waals surface area contributed by atoms with Gasteiger partial charge in [0.25, 0.3) is 5.91 Å². The lowest BCUT2D eigenvalue weighted by atomic mass is 10.3. The van der Waals surface area contributed by atoms with Crippen LogP contribution in [0.25, 0.3) is 0 Å². The second kappa shape index (κ2) is 6.22. The lowest BCUT2D eigenvalue weighted by Crippen LogP contribution is -2.46. The van der Waals surface area contributed by atoms with E-state index in [0.717, 1.165) is 32.7 Å². The normalized spacial score (nSPS) is 17.9. The fourth-order valence-corrected chi connectivity index (χ4v) is 2.15. The monoisotopic (exact) mass is 271 g/mol. The summed E-state index contributed by atoms with van der Waals surface area (Å²) in [6.07, 6.45) is 1.41. The topological polar surface area (TPSA) is 48.7 Å². The van der Waals surface area contributed by atoms with Crippen molar-refractivity contribution < 1.29 is 9.21 Å². The van der Waals surface area contributed by atoms with Crippen LogP contribution in [0, 0.1) is 0 Å². The molecule has 1 aromatic rings. The van der Waals surface area contributed by atoms with Crippen LogP contribution < -0.4 is 5.32 Å². The zero-order valence-corrected chi connectivity index (χ0v) is 11.2. The van der Waals surface area contributed by atoms with Crippen LogP contribution in [0.3, 0.4) is 0 Å². The number of nitrogens with one attached hydrogen (secondary N) is 1. The van der Waals surface area contributed by atoms with Crippen molar-refractivity contribution in [2.75, 3.05) is 46.3 Å². The fraction of sp³-hybridized carbons (Fsp3) is 0.583. The molecule has 0 unspecified atom stereocenters. The van der Waals surface area contributed by atoms with E-state index in [0.29, 0.717) is 12.1 Å². The average molecular weight is 272 g/mol. The molecule has 5 nitrogen and oxygen atoms in total. The smallest absolute Gasteiger partial charge is 0.256 e. The molecule has 1 fully saturated rings. The molecule has 1 aliphatic heterocycles. The van der Waals surface area contributed by atoms with Gasteiger partial charge >= 0.3 is 0 Å². The summed E-state index contributed by atoms with van der Waals surface area (Å²) in [5.74, 6) is -0.178. The molecule has 1 saturated heterocycles. The fourth-order valence-electron chi connectivity index (χ4n) is 1.95. The standard InChI is InChI=1S/C12H18ClN3O2/c1-15-5-7-16(8-6-15)4-3-14-12(17)10-2-9-18-11(10)13/h2,9H,3-8H2,1H3,(H,14,17). The summed E-state index contributed by atoms with van der Waals surface area (Å²) in [5.41, 5.74) is 0.398. The van der Waals surface area contributed by atoms with Crippen LogP contribution in [0.4, 0.5) is 0 Å². The quantitative estimate of drug-likeness (QED) is 0.884. The average Bonchev–Trinajstić information content (AvgIpc) is 2.78. The van der Waals surface area contributed by atoms with Gasteiger partial charge in [-0.15, -0.1) is 0 Å². The van der Waals surface area contributed by atoms with Gasteiger partial charge < -0.3 is 14.6 Å². The molecular weight excluding hydrogens is 254 g/mol. The van der Waals surface area contributed by atoms with E-state index in [-0.39, 0.29) is 11.1 Å². The highest BCUT2D eigenvalue weighted by atomic mass is 35.5. The predicted octanol–water partition coefficient (Wildman–Crippen LogP) is 0.910. The Morgan fingerprint density at radius 1 is 1.44 bits per heavy atom. The third-order valence-electron chi connectivity index (χ3n) is 3.17. The van der Waals surface area contributed by atoms with Crippen molar-refractivity contribution in [3.8, 4) is 0 Å². The molecule has 0 bridgehead atoms. The maximum Gasteiger partial charge on any atom is 0.256 e. The second-order valence-electron chi connectivity index (χ2n) is 4.51. The van der Waals surface area contributed by atoms with Crippen molar-refractivity contribution in [1.29, 1.82) is 0 Å². The van der Waals surface area contributed by atoms with Crippen molar-refractivity contribution in [3.63, 3.8) is 0 Å². The van der Waals surface area contributed by atoms with Crippen molar-refractivity contribution in [2.24, 2.45) is 0 Å². The van der Waals surface area contributed by atoms with E-state index < -0.39 is 0 Å². The lowest BCUT2D eigenvalue weighted by molar-refractivity contribution is 0.0940. The molecule has 100 valence electrons. The molecule has 1 amide bonds. The molecule has 0 atom stereocenters. The number of nitrogens with zero attached hydrogens (tertiary/aromatic N) is 2. The maximum absolute atomic E-state index is 11.7. The number of halogens is 1. The largest absolute Gasteiger partial charge is 0.452 e. The van der Waals surface area contributed by atoms with E-state index in [4.69, 9.17) is 16.0 Å². The number of likely N-dealkylation sites (N-methyl/N-ethyl adjacent to an activating group) is 1. The zero-order chi connectivity index (χ0) is 13.0. The number of carbonyl (C=O) groups excluding carboxylic acids is 1. The SMILES string of the molecule is CN1CCN(CCNC(=O)c2ccoc2Cl)CC1. The van der Waals surface area contributed by atoms with Crippen LogP contribution in [0.5, 0.6) is 0 Å². The Hall–Kier alpha value is -1.04. The van der Waals surface area contributed by atoms with Gasteiger partial charge in [-0.25, -0.2) is 0 Å². The number of rotatable bonds is 4. The van der Waals surface area contributed by atoms with Gasteiger partial charge in [0, 0.05) is 39.3 Å². The van der Waals surface area contributed by atoms with Gasteiger partial charge in [0.1, 0.15) is 0 Å². The Bertz CT molecular complexity index is 400. The Morgan fingerprint density at radius 3 is 2.78 bits per heavy atom. The summed E-state index contributed by atoms with van der Waals surface area (Å²) < 4.78 is 4.88. The Labute approximate surface area is 112 Å². The molecule has 1 aliphatic rings. The summed E-state index contributed by atoms with van der Waals surface area (Å²) in [6, 6.07) is 1.58. The number of hydrogen-bond donors (Lipinski definition) is 1. The third-order valence-corrected chi connectivity index (χ3v) is 3.46. The molecule has 0 spiro atoms. The summed E-state index contributed by atoms with van der Waals surface area (Å²) in [4.78, 5) is 16.4. The Balaban J connectivity index is 1.69. The molecule has 2 rings (SSSR count). The van der Waals surface area contributed by atoms with Crippen molar-refractivity contribution in [2.45, 2.75) is 0 Å². The van der Waals surface area contributed by atoms with E-state index in [9.17, 15) is 4.79 Å². The first-order valence-electron chi connectivity index (χ1n) is 6.09. The number of furan rings is 1. The van der Waals surface area contributed by atoms with Crippen molar-refractivity contribution in [1.82, 2.24) is 15.1 Å². The molecule has 0 aliphatic carbocycles. The highest BCUT2D eigenvalue weighted by Gasteiger charge is 2.15. The van der Waals surface area contributed by atoms with Crippen LogP contribution in [-0.4, -0.2) is 62.0 Å². The molecule has 18 heavy (non-hydrogen) atoms. The molecular formula is C12H18ClN3O2. The summed E-state index contributed by atoms with van der Waals surface area (Å²) >= 11 is 5.73. The van der Waals surface area contributed by atoms with Crippen molar-refractivity contribution in [3.05, 3.63) is 23.1 Å². The second-order valence-corrected chi connectivity index (χ2v) is 4.85. The molecule has 6 heteroatoms. The van der Waals surface area contributed by atoms with Gasteiger partial charge in [0.2, 0.25) is 5.22 Å². The molecule has 1 aromatic heterocycles. The van der Waals surface area contributed by atoms with E-state index in [1.54, 1.807) is 6.07 Å². The number of carbonyl (C=O) groups is 1. The number of hydrogen-bond acceptors (Lipinski definition) is 4. The van der Waals surface area contributed by atoms with E-state index in [1.165, 1.54) is 6.26 Å². The Kier molecular flexibility index (Phi) is 4.63. The number of piperazine rings is 1. The molecule has 0 aromatic carbocycles. The van der Waals surface area contributed by atoms with Gasteiger partial charge in [0.15, 0.2) is 0 Å². The van der Waals surface area contributed by atoms with Crippen LogP contribution >= 0.6 is 11.6 Å². The highest BCUT2D eigenvalue weighted by molar-refractivity contribution is 6.32. The van der Waals surface area contributed by atoms with Crippen molar-refractivity contribution >= 4 is 17.5 Å². The van der Waals surface area contributed by atoms with E-state index in [2.05, 4.69) is 22.2 Å². The van der Waals surface area contributed by atoms with E-state index in [1.807, 2.05) is 0 Å². The van der Waals surface area contributed by atoms with Gasteiger partial charge in [-0.1, -0.05) is 0 Å². The predicted molar refractivity (Wildman–Crippen MR) is 70.0 cm³/mol. The first-order chi connectivity index (χ1) is 8.66. The molecule has 2 heterocycles. The summed E-state index contributed by atoms with van der Waals surface area (Å²) in [7, 11) is 2.13. The van der Waals surface area contributed by atoms with Gasteiger partial charge in [0.05, 0.1) is 11.8 Å². The first kappa shape index (κ1) is 13.4.